The molecule has 0 bridgehead atoms. The Labute approximate surface area is 157 Å². The third-order valence-electron chi connectivity index (χ3n) is 3.87. The highest BCUT2D eigenvalue weighted by Gasteiger charge is 2.24. The van der Waals surface area contributed by atoms with Crippen molar-refractivity contribution in [2.75, 3.05) is 0 Å². The van der Waals surface area contributed by atoms with E-state index in [0.29, 0.717) is 17.0 Å². The molecule has 0 radical (unpaired) electrons. The minimum absolute atomic E-state index is 0.0949. The van der Waals surface area contributed by atoms with Gasteiger partial charge >= 0.3 is 6.18 Å². The molecule has 0 spiro atoms. The Bertz CT molecular complexity index is 799. The largest absolute Gasteiger partial charge is 0.474 e. The summed E-state index contributed by atoms with van der Waals surface area (Å²) in [6.45, 7) is 5.03. The molecule has 144 valence electrons. The van der Waals surface area contributed by atoms with Gasteiger partial charge in [-0.1, -0.05) is 59.8 Å². The van der Waals surface area contributed by atoms with Crippen LogP contribution in [0.3, 0.4) is 0 Å². The molecular weight excluding hydrogens is 355 g/mol. The Kier molecular flexibility index (Phi) is 7.05. The smallest absolute Gasteiger partial charge is 0.410 e. The predicted octanol–water partition coefficient (Wildman–Crippen LogP) is 6.28. The maximum atomic E-state index is 12.6. The van der Waals surface area contributed by atoms with Gasteiger partial charge in [-0.3, -0.25) is 0 Å². The van der Waals surface area contributed by atoms with Gasteiger partial charge in [-0.25, -0.2) is 0 Å². The Morgan fingerprint density at radius 3 is 2.33 bits per heavy atom. The number of hydrogen-bond donors (Lipinski definition) is 0. The van der Waals surface area contributed by atoms with Gasteiger partial charge in [-0.05, 0) is 36.1 Å². The van der Waals surface area contributed by atoms with Crippen LogP contribution in [0.25, 0.3) is 5.57 Å². The van der Waals surface area contributed by atoms with Gasteiger partial charge in [0, 0.05) is 13.0 Å². The summed E-state index contributed by atoms with van der Waals surface area (Å²) in [4.78, 5) is 5.42. The van der Waals surface area contributed by atoms with Crippen molar-refractivity contribution >= 4 is 11.5 Å². The number of alkyl halides is 3. The molecule has 1 atom stereocenters. The van der Waals surface area contributed by atoms with Crippen LogP contribution in [-0.2, 0) is 16.2 Å². The van der Waals surface area contributed by atoms with Crippen LogP contribution in [-0.4, -0.2) is 12.1 Å². The van der Waals surface area contributed by atoms with Gasteiger partial charge in [0.05, 0.1) is 0 Å². The molecule has 6 heteroatoms. The highest BCUT2D eigenvalue weighted by molar-refractivity contribution is 5.73. The van der Waals surface area contributed by atoms with E-state index in [1.165, 1.54) is 6.92 Å². The molecule has 0 N–H and O–H groups in total. The zero-order valence-electron chi connectivity index (χ0n) is 15.5. The van der Waals surface area contributed by atoms with Crippen LogP contribution in [0.2, 0.25) is 0 Å². The number of halogens is 3. The number of oxime groups is 1. The summed E-state index contributed by atoms with van der Waals surface area (Å²) in [5, 5.41) is 3.95. The van der Waals surface area contributed by atoms with E-state index in [9.17, 15) is 13.2 Å². The van der Waals surface area contributed by atoms with E-state index in [2.05, 4.69) is 5.16 Å². The summed E-state index contributed by atoms with van der Waals surface area (Å²) in [5.74, 6) is 0.296. The van der Waals surface area contributed by atoms with Crippen LogP contribution in [0.5, 0.6) is 0 Å². The van der Waals surface area contributed by atoms with Gasteiger partial charge in [0.15, 0.2) is 0 Å². The highest BCUT2D eigenvalue weighted by Crippen LogP contribution is 2.26. The van der Waals surface area contributed by atoms with E-state index in [-0.39, 0.29) is 24.4 Å². The average molecular weight is 377 g/mol. The van der Waals surface area contributed by atoms with Crippen molar-refractivity contribution in [3.63, 3.8) is 0 Å². The topological polar surface area (TPSA) is 30.8 Å². The molecule has 2 aromatic carbocycles. The summed E-state index contributed by atoms with van der Waals surface area (Å²) in [6, 6.07) is 16.4. The standard InChI is InChI=1S/C21H22F3NO2/c1-15(13-21(22,23)24)20-12-8-7-11-19(20)14-26-17(3)25-27-16(2)18-9-5-4-6-10-18/h4-13,16H,14H2,1-3H3/b15-13+,25-17-. The van der Waals surface area contributed by atoms with Gasteiger partial charge in [0.25, 0.3) is 0 Å². The second-order valence-corrected chi connectivity index (χ2v) is 6.08. The van der Waals surface area contributed by atoms with Gasteiger partial charge in [0.1, 0.15) is 12.7 Å². The minimum Gasteiger partial charge on any atom is -0.474 e. The molecule has 0 saturated carbocycles. The molecule has 0 aliphatic carbocycles. The molecule has 0 heterocycles. The fraction of sp³-hybridized carbons (Fsp3) is 0.286. The number of hydrogen-bond acceptors (Lipinski definition) is 3. The first-order chi connectivity index (χ1) is 12.8. The third kappa shape index (κ3) is 6.81. The molecule has 2 aromatic rings. The number of nitrogens with zero attached hydrogens (tertiary/aromatic N) is 1. The summed E-state index contributed by atoms with van der Waals surface area (Å²) < 4.78 is 43.4. The normalized spacial score (nSPS) is 14.0. The molecule has 0 saturated heterocycles. The molecule has 0 aliphatic heterocycles. The second-order valence-electron chi connectivity index (χ2n) is 6.08. The van der Waals surface area contributed by atoms with E-state index in [1.807, 2.05) is 37.3 Å². The van der Waals surface area contributed by atoms with Gasteiger partial charge in [0.2, 0.25) is 5.90 Å². The summed E-state index contributed by atoms with van der Waals surface area (Å²) in [6.07, 6.45) is -4.32. The van der Waals surface area contributed by atoms with Crippen molar-refractivity contribution in [3.05, 3.63) is 77.4 Å². The quantitative estimate of drug-likeness (QED) is 0.337. The van der Waals surface area contributed by atoms with Crippen molar-refractivity contribution in [2.45, 2.75) is 39.7 Å². The zero-order chi connectivity index (χ0) is 19.9. The Hall–Kier alpha value is -2.76. The van der Waals surface area contributed by atoms with E-state index < -0.39 is 6.18 Å². The Morgan fingerprint density at radius 1 is 1.04 bits per heavy atom. The van der Waals surface area contributed by atoms with Crippen molar-refractivity contribution in [2.24, 2.45) is 5.16 Å². The lowest BCUT2D eigenvalue weighted by molar-refractivity contribution is -0.0793. The molecule has 27 heavy (non-hydrogen) atoms. The van der Waals surface area contributed by atoms with Crippen LogP contribution in [0.15, 0.2) is 65.8 Å². The maximum absolute atomic E-state index is 12.6. The van der Waals surface area contributed by atoms with E-state index in [1.54, 1.807) is 31.2 Å². The minimum atomic E-state index is -4.36. The Morgan fingerprint density at radius 2 is 1.67 bits per heavy atom. The van der Waals surface area contributed by atoms with Gasteiger partial charge in [-0.2, -0.15) is 13.2 Å². The van der Waals surface area contributed by atoms with Crippen molar-refractivity contribution in [3.8, 4) is 0 Å². The zero-order valence-corrected chi connectivity index (χ0v) is 15.5. The molecule has 3 nitrogen and oxygen atoms in total. The lowest BCUT2D eigenvalue weighted by Gasteiger charge is -2.13. The van der Waals surface area contributed by atoms with Gasteiger partial charge in [-0.15, -0.1) is 0 Å². The second kappa shape index (κ2) is 9.26. The first-order valence-electron chi connectivity index (χ1n) is 8.49. The maximum Gasteiger partial charge on any atom is 0.410 e. The Balaban J connectivity index is 2.01. The lowest BCUT2D eigenvalue weighted by Crippen LogP contribution is -2.06. The van der Waals surface area contributed by atoms with Crippen LogP contribution in [0, 0.1) is 0 Å². The predicted molar refractivity (Wildman–Crippen MR) is 100.0 cm³/mol. The molecule has 0 amide bonds. The summed E-state index contributed by atoms with van der Waals surface area (Å²) >= 11 is 0. The lowest BCUT2D eigenvalue weighted by atomic mass is 10.0. The first-order valence-corrected chi connectivity index (χ1v) is 8.49. The van der Waals surface area contributed by atoms with Crippen molar-refractivity contribution in [1.29, 1.82) is 0 Å². The SMILES string of the molecule is C/C(=N/OC(C)c1ccccc1)OCc1ccccc1/C(C)=C/C(F)(F)F. The fourth-order valence-electron chi connectivity index (χ4n) is 2.50. The van der Waals surface area contributed by atoms with Gasteiger partial charge < -0.3 is 9.57 Å². The van der Waals surface area contributed by atoms with Crippen molar-refractivity contribution < 1.29 is 22.7 Å². The van der Waals surface area contributed by atoms with Crippen LogP contribution in [0.4, 0.5) is 13.2 Å². The number of allylic oxidation sites excluding steroid dienone is 2. The van der Waals surface area contributed by atoms with Crippen LogP contribution >= 0.6 is 0 Å². The molecule has 2 rings (SSSR count). The monoisotopic (exact) mass is 377 g/mol. The highest BCUT2D eigenvalue weighted by atomic mass is 19.4. The summed E-state index contributed by atoms with van der Waals surface area (Å²) in [5.41, 5.74) is 2.24. The van der Waals surface area contributed by atoms with E-state index >= 15 is 0 Å². The van der Waals surface area contributed by atoms with Crippen LogP contribution in [0.1, 0.15) is 43.6 Å². The average Bonchev–Trinajstić information content (AvgIpc) is 2.64. The van der Waals surface area contributed by atoms with E-state index in [0.717, 1.165) is 5.56 Å². The van der Waals surface area contributed by atoms with Crippen molar-refractivity contribution in [1.82, 2.24) is 0 Å². The third-order valence-corrected chi connectivity index (χ3v) is 3.87. The van der Waals surface area contributed by atoms with E-state index in [4.69, 9.17) is 9.57 Å². The molecule has 0 aromatic heterocycles. The summed E-state index contributed by atoms with van der Waals surface area (Å²) in [7, 11) is 0. The number of benzene rings is 2. The molecule has 1 unspecified atom stereocenters. The number of rotatable bonds is 6. The molecule has 0 aliphatic rings. The molecular formula is C21H22F3NO2. The number of ether oxygens (including phenoxy) is 1. The first kappa shape index (κ1) is 20.6. The van der Waals surface area contributed by atoms with Crippen LogP contribution < -0.4 is 0 Å². The molecule has 0 fully saturated rings. The fourth-order valence-corrected chi connectivity index (χ4v) is 2.50.